The molecule has 2 nitrogen and oxygen atoms in total. The third kappa shape index (κ3) is 3.05. The maximum absolute atomic E-state index is 13.7. The van der Waals surface area contributed by atoms with Gasteiger partial charge in [0, 0.05) is 16.1 Å². The Bertz CT molecular complexity index is 436. The summed E-state index contributed by atoms with van der Waals surface area (Å²) in [6.45, 7) is 0. The number of halogens is 2. The maximum atomic E-state index is 13.7. The minimum Gasteiger partial charge on any atom is -0.295 e. The molecule has 1 aromatic rings. The van der Waals surface area contributed by atoms with E-state index in [1.807, 2.05) is 0 Å². The summed E-state index contributed by atoms with van der Waals surface area (Å²) in [5.41, 5.74) is 0.433. The molecule has 1 saturated carbocycles. The smallest absolute Gasteiger partial charge is 0.130 e. The predicted molar refractivity (Wildman–Crippen MR) is 67.8 cm³/mol. The van der Waals surface area contributed by atoms with E-state index in [4.69, 9.17) is 5.26 Å². The van der Waals surface area contributed by atoms with Crippen molar-refractivity contribution in [3.63, 3.8) is 0 Å². The lowest BCUT2D eigenvalue weighted by molar-refractivity contribution is 0.477. The van der Waals surface area contributed by atoms with Crippen molar-refractivity contribution in [3.8, 4) is 6.07 Å². The lowest BCUT2D eigenvalue weighted by Gasteiger charge is -2.17. The molecule has 1 aromatic carbocycles. The average Bonchev–Trinajstić information content (AvgIpc) is 2.79. The van der Waals surface area contributed by atoms with Gasteiger partial charge in [-0.05, 0) is 25.0 Å². The van der Waals surface area contributed by atoms with Gasteiger partial charge < -0.3 is 0 Å². The van der Waals surface area contributed by atoms with Crippen LogP contribution in [0.2, 0.25) is 0 Å². The van der Waals surface area contributed by atoms with Crippen molar-refractivity contribution < 1.29 is 4.39 Å². The van der Waals surface area contributed by atoms with E-state index in [2.05, 4.69) is 27.3 Å². The lowest BCUT2D eigenvalue weighted by Crippen LogP contribution is -2.30. The number of hydrogen-bond donors (Lipinski definition) is 1. The standard InChI is InChI=1S/C13H14BrFN2/c14-9-5-6-11(12(15)7-9)13(8-16)17-10-3-1-2-4-10/h5-7,10,13,17H,1-4H2. The van der Waals surface area contributed by atoms with Crippen molar-refractivity contribution >= 4 is 15.9 Å². The van der Waals surface area contributed by atoms with Crippen LogP contribution in [-0.2, 0) is 0 Å². The Morgan fingerprint density at radius 2 is 2.12 bits per heavy atom. The van der Waals surface area contributed by atoms with E-state index in [-0.39, 0.29) is 5.82 Å². The molecule has 0 spiro atoms. The van der Waals surface area contributed by atoms with E-state index >= 15 is 0 Å². The first-order valence-corrected chi connectivity index (χ1v) is 6.60. The summed E-state index contributed by atoms with van der Waals surface area (Å²) >= 11 is 3.21. The number of nitrogens with zero attached hydrogens (tertiary/aromatic N) is 1. The molecule has 1 aliphatic rings. The van der Waals surface area contributed by atoms with Gasteiger partial charge in [0.25, 0.3) is 0 Å². The summed E-state index contributed by atoms with van der Waals surface area (Å²) in [5.74, 6) is -0.337. The van der Waals surface area contributed by atoms with Gasteiger partial charge in [-0.3, -0.25) is 5.32 Å². The van der Waals surface area contributed by atoms with Gasteiger partial charge in [0.15, 0.2) is 0 Å². The minimum atomic E-state index is -0.550. The molecule has 0 amide bonds. The summed E-state index contributed by atoms with van der Waals surface area (Å²) in [4.78, 5) is 0. The number of rotatable bonds is 3. The van der Waals surface area contributed by atoms with E-state index in [0.717, 1.165) is 12.8 Å². The van der Waals surface area contributed by atoms with Crippen LogP contribution >= 0.6 is 15.9 Å². The molecule has 0 saturated heterocycles. The Balaban J connectivity index is 2.14. The van der Waals surface area contributed by atoms with Gasteiger partial charge in [0.05, 0.1) is 6.07 Å². The summed E-state index contributed by atoms with van der Waals surface area (Å²) in [6, 6.07) is 6.76. The average molecular weight is 297 g/mol. The van der Waals surface area contributed by atoms with E-state index < -0.39 is 6.04 Å². The summed E-state index contributed by atoms with van der Waals surface area (Å²) in [6.07, 6.45) is 4.55. The number of nitriles is 1. The van der Waals surface area contributed by atoms with Crippen LogP contribution in [0.1, 0.15) is 37.3 Å². The Morgan fingerprint density at radius 3 is 2.71 bits per heavy atom. The highest BCUT2D eigenvalue weighted by atomic mass is 79.9. The van der Waals surface area contributed by atoms with E-state index in [1.165, 1.54) is 18.9 Å². The second kappa shape index (κ2) is 5.61. The Morgan fingerprint density at radius 1 is 1.41 bits per heavy atom. The highest BCUT2D eigenvalue weighted by molar-refractivity contribution is 9.10. The van der Waals surface area contributed by atoms with E-state index in [9.17, 15) is 4.39 Å². The van der Waals surface area contributed by atoms with Crippen LogP contribution in [0.15, 0.2) is 22.7 Å². The van der Waals surface area contributed by atoms with Crippen LogP contribution in [0.5, 0.6) is 0 Å². The van der Waals surface area contributed by atoms with Gasteiger partial charge in [0.2, 0.25) is 0 Å². The molecule has 1 fully saturated rings. The second-order valence-corrected chi connectivity index (χ2v) is 5.29. The van der Waals surface area contributed by atoms with Crippen LogP contribution in [-0.4, -0.2) is 6.04 Å². The van der Waals surface area contributed by atoms with Gasteiger partial charge >= 0.3 is 0 Å². The quantitative estimate of drug-likeness (QED) is 0.923. The predicted octanol–water partition coefficient (Wildman–Crippen LogP) is 3.69. The normalized spacial score (nSPS) is 17.9. The first-order valence-electron chi connectivity index (χ1n) is 5.81. The van der Waals surface area contributed by atoms with Crippen molar-refractivity contribution in [1.29, 1.82) is 5.26 Å². The third-order valence-corrected chi connectivity index (χ3v) is 3.65. The molecule has 1 atom stereocenters. The summed E-state index contributed by atoms with van der Waals surface area (Å²) < 4.78 is 14.4. The van der Waals surface area contributed by atoms with Crippen LogP contribution in [0.3, 0.4) is 0 Å². The SMILES string of the molecule is N#CC(NC1CCCC1)c1ccc(Br)cc1F. The minimum absolute atomic E-state index is 0.337. The third-order valence-electron chi connectivity index (χ3n) is 3.16. The maximum Gasteiger partial charge on any atom is 0.130 e. The molecule has 4 heteroatoms. The zero-order chi connectivity index (χ0) is 12.3. The highest BCUT2D eigenvalue weighted by Gasteiger charge is 2.21. The van der Waals surface area contributed by atoms with Gasteiger partial charge in [-0.2, -0.15) is 5.26 Å². The molecule has 2 rings (SSSR count). The summed E-state index contributed by atoms with van der Waals surface area (Å²) in [5, 5.41) is 12.4. The van der Waals surface area contributed by atoms with Crippen LogP contribution in [0.25, 0.3) is 0 Å². The molecule has 0 heterocycles. The van der Waals surface area contributed by atoms with Crippen molar-refractivity contribution in [1.82, 2.24) is 5.32 Å². The molecule has 0 bridgehead atoms. The zero-order valence-electron chi connectivity index (χ0n) is 9.42. The largest absolute Gasteiger partial charge is 0.295 e. The van der Waals surface area contributed by atoms with Crippen LogP contribution < -0.4 is 5.32 Å². The molecule has 1 N–H and O–H groups in total. The van der Waals surface area contributed by atoms with Crippen molar-refractivity contribution in [2.75, 3.05) is 0 Å². The lowest BCUT2D eigenvalue weighted by atomic mass is 10.1. The molecular formula is C13H14BrFN2. The highest BCUT2D eigenvalue weighted by Crippen LogP contribution is 2.24. The fourth-order valence-electron chi connectivity index (χ4n) is 2.26. The van der Waals surface area contributed by atoms with Gasteiger partial charge in [0.1, 0.15) is 11.9 Å². The molecule has 0 radical (unpaired) electrons. The molecule has 1 aliphatic carbocycles. The van der Waals surface area contributed by atoms with Crippen molar-refractivity contribution in [2.24, 2.45) is 0 Å². The second-order valence-electron chi connectivity index (χ2n) is 4.38. The fourth-order valence-corrected chi connectivity index (χ4v) is 2.59. The van der Waals surface area contributed by atoms with Crippen molar-refractivity contribution in [2.45, 2.75) is 37.8 Å². The molecule has 90 valence electrons. The van der Waals surface area contributed by atoms with Gasteiger partial charge in [-0.1, -0.05) is 34.8 Å². The fraction of sp³-hybridized carbons (Fsp3) is 0.462. The van der Waals surface area contributed by atoms with Crippen LogP contribution in [0, 0.1) is 17.1 Å². The zero-order valence-corrected chi connectivity index (χ0v) is 11.0. The molecular weight excluding hydrogens is 283 g/mol. The number of hydrogen-bond acceptors (Lipinski definition) is 2. The number of benzene rings is 1. The molecule has 0 aromatic heterocycles. The first kappa shape index (κ1) is 12.5. The van der Waals surface area contributed by atoms with E-state index in [0.29, 0.717) is 16.1 Å². The van der Waals surface area contributed by atoms with E-state index in [1.54, 1.807) is 12.1 Å². The first-order chi connectivity index (χ1) is 8.20. The topological polar surface area (TPSA) is 35.8 Å². The molecule has 17 heavy (non-hydrogen) atoms. The Hall–Kier alpha value is -0.920. The van der Waals surface area contributed by atoms with Gasteiger partial charge in [-0.25, -0.2) is 4.39 Å². The Labute approximate surface area is 109 Å². The molecule has 1 unspecified atom stereocenters. The van der Waals surface area contributed by atoms with Crippen LogP contribution in [0.4, 0.5) is 4.39 Å². The van der Waals surface area contributed by atoms with Crippen molar-refractivity contribution in [3.05, 3.63) is 34.1 Å². The Kier molecular flexibility index (Phi) is 4.14. The summed E-state index contributed by atoms with van der Waals surface area (Å²) in [7, 11) is 0. The monoisotopic (exact) mass is 296 g/mol. The van der Waals surface area contributed by atoms with Gasteiger partial charge in [-0.15, -0.1) is 0 Å². The molecule has 0 aliphatic heterocycles. The number of nitrogens with one attached hydrogen (secondary N) is 1.